The molecule has 0 aliphatic carbocycles. The maximum atomic E-state index is 4.71. The molecule has 1 N–H and O–H groups in total. The van der Waals surface area contributed by atoms with Crippen molar-refractivity contribution in [1.29, 1.82) is 0 Å². The zero-order valence-corrected chi connectivity index (χ0v) is 16.4. The van der Waals surface area contributed by atoms with Gasteiger partial charge in [0.05, 0.1) is 22.4 Å². The van der Waals surface area contributed by atoms with E-state index in [-0.39, 0.29) is 5.41 Å². The van der Waals surface area contributed by atoms with Crippen molar-refractivity contribution in [3.05, 3.63) is 47.8 Å². The van der Waals surface area contributed by atoms with Crippen molar-refractivity contribution >= 4 is 22.7 Å². The first-order valence-corrected chi connectivity index (χ1v) is 9.46. The number of hydrogen-bond acceptors (Lipinski definition) is 6. The fraction of sp³-hybridized carbons (Fsp3) is 0.429. The molecule has 0 unspecified atom stereocenters. The third kappa shape index (κ3) is 3.70. The molecule has 4 rings (SSSR count). The third-order valence-corrected chi connectivity index (χ3v) is 5.00. The van der Waals surface area contributed by atoms with E-state index in [0.717, 1.165) is 53.7 Å². The van der Waals surface area contributed by atoms with Crippen molar-refractivity contribution in [1.82, 2.24) is 20.2 Å². The van der Waals surface area contributed by atoms with Crippen LogP contribution in [-0.4, -0.2) is 39.8 Å². The number of rotatable bonds is 4. The second kappa shape index (κ2) is 6.76. The van der Waals surface area contributed by atoms with E-state index >= 15 is 0 Å². The van der Waals surface area contributed by atoms with Gasteiger partial charge >= 0.3 is 0 Å². The summed E-state index contributed by atoms with van der Waals surface area (Å²) in [6, 6.07) is 12.1. The number of nitrogens with one attached hydrogen (secondary N) is 1. The van der Waals surface area contributed by atoms with Gasteiger partial charge in [-0.05, 0) is 31.2 Å². The summed E-state index contributed by atoms with van der Waals surface area (Å²) in [5.74, 6) is 2.41. The molecule has 1 fully saturated rings. The lowest BCUT2D eigenvalue weighted by molar-refractivity contribution is 0.424. The molecule has 1 aliphatic heterocycles. The fourth-order valence-electron chi connectivity index (χ4n) is 3.28. The van der Waals surface area contributed by atoms with Crippen molar-refractivity contribution in [2.24, 2.45) is 5.92 Å². The highest BCUT2D eigenvalue weighted by atomic mass is 15.3. The van der Waals surface area contributed by atoms with Crippen LogP contribution in [0.4, 0.5) is 11.6 Å². The smallest absolute Gasteiger partial charge is 0.151 e. The van der Waals surface area contributed by atoms with E-state index in [0.29, 0.717) is 5.92 Å². The highest BCUT2D eigenvalue weighted by Crippen LogP contribution is 2.25. The maximum Gasteiger partial charge on any atom is 0.151 e. The van der Waals surface area contributed by atoms with Crippen LogP contribution >= 0.6 is 0 Å². The van der Waals surface area contributed by atoms with Crippen LogP contribution in [0, 0.1) is 12.8 Å². The summed E-state index contributed by atoms with van der Waals surface area (Å²) < 4.78 is 0. The Morgan fingerprint density at radius 1 is 1.00 bits per heavy atom. The summed E-state index contributed by atoms with van der Waals surface area (Å²) in [7, 11) is 0. The molecular formula is C21H26N6. The summed E-state index contributed by atoms with van der Waals surface area (Å²) in [4.78, 5) is 11.6. The molecule has 6 nitrogen and oxygen atoms in total. The Labute approximate surface area is 160 Å². The topological polar surface area (TPSA) is 66.8 Å². The van der Waals surface area contributed by atoms with E-state index in [9.17, 15) is 0 Å². The van der Waals surface area contributed by atoms with Crippen LogP contribution in [0.25, 0.3) is 11.0 Å². The molecule has 140 valence electrons. The normalized spacial score (nSPS) is 15.0. The van der Waals surface area contributed by atoms with E-state index in [4.69, 9.17) is 4.98 Å². The second-order valence-electron chi connectivity index (χ2n) is 8.33. The van der Waals surface area contributed by atoms with Gasteiger partial charge in [-0.2, -0.15) is 5.10 Å². The first kappa shape index (κ1) is 17.6. The molecule has 1 saturated heterocycles. The molecule has 1 aromatic carbocycles. The zero-order valence-electron chi connectivity index (χ0n) is 16.4. The quantitative estimate of drug-likeness (QED) is 0.765. The van der Waals surface area contributed by atoms with E-state index < -0.39 is 0 Å². The molecule has 3 heterocycles. The van der Waals surface area contributed by atoms with Gasteiger partial charge in [-0.25, -0.2) is 9.97 Å². The zero-order chi connectivity index (χ0) is 19.0. The molecule has 2 aromatic heterocycles. The molecule has 0 atom stereocenters. The van der Waals surface area contributed by atoms with Crippen LogP contribution in [0.15, 0.2) is 36.4 Å². The van der Waals surface area contributed by atoms with Gasteiger partial charge in [0.25, 0.3) is 0 Å². The van der Waals surface area contributed by atoms with Gasteiger partial charge in [0, 0.05) is 31.0 Å². The van der Waals surface area contributed by atoms with Crippen LogP contribution in [0.3, 0.4) is 0 Å². The van der Waals surface area contributed by atoms with E-state index in [1.54, 1.807) is 0 Å². The Hall–Kier alpha value is -2.76. The van der Waals surface area contributed by atoms with Crippen molar-refractivity contribution in [2.45, 2.75) is 33.1 Å². The number of aryl methyl sites for hydroxylation is 1. The Morgan fingerprint density at radius 3 is 2.33 bits per heavy atom. The summed E-state index contributed by atoms with van der Waals surface area (Å²) in [5, 5.41) is 12.3. The molecule has 0 radical (unpaired) electrons. The lowest BCUT2D eigenvalue weighted by atomic mass is 9.92. The molecule has 1 aliphatic rings. The van der Waals surface area contributed by atoms with Gasteiger partial charge in [0.2, 0.25) is 0 Å². The Kier molecular flexibility index (Phi) is 4.42. The lowest BCUT2D eigenvalue weighted by Crippen LogP contribution is -2.50. The monoisotopic (exact) mass is 362 g/mol. The summed E-state index contributed by atoms with van der Waals surface area (Å²) in [6.45, 7) is 11.3. The molecule has 0 saturated carbocycles. The van der Waals surface area contributed by atoms with Crippen LogP contribution in [0.1, 0.15) is 32.2 Å². The Balaban J connectivity index is 1.34. The molecular weight excluding hydrogens is 336 g/mol. The van der Waals surface area contributed by atoms with E-state index in [2.05, 4.69) is 58.3 Å². The molecule has 0 amide bonds. The molecule has 6 heteroatoms. The fourth-order valence-corrected chi connectivity index (χ4v) is 3.28. The third-order valence-electron chi connectivity index (χ3n) is 5.00. The Bertz CT molecular complexity index is 939. The van der Waals surface area contributed by atoms with Gasteiger partial charge < -0.3 is 10.2 Å². The molecule has 27 heavy (non-hydrogen) atoms. The molecule has 3 aromatic rings. The highest BCUT2D eigenvalue weighted by Gasteiger charge is 2.28. The van der Waals surface area contributed by atoms with Crippen molar-refractivity contribution in [3.63, 3.8) is 0 Å². The van der Waals surface area contributed by atoms with E-state index in [1.807, 2.05) is 31.2 Å². The minimum absolute atomic E-state index is 0.0334. The summed E-state index contributed by atoms with van der Waals surface area (Å²) in [6.07, 6.45) is 0. The van der Waals surface area contributed by atoms with Crippen molar-refractivity contribution in [3.8, 4) is 0 Å². The van der Waals surface area contributed by atoms with Gasteiger partial charge in [-0.15, -0.1) is 5.10 Å². The first-order valence-electron chi connectivity index (χ1n) is 9.46. The predicted octanol–water partition coefficient (Wildman–Crippen LogP) is 3.57. The van der Waals surface area contributed by atoms with Crippen LogP contribution < -0.4 is 10.2 Å². The molecule has 0 bridgehead atoms. The SMILES string of the molecule is Cc1nc2ccccc2nc1NCC1CN(c2ccc(C(C)(C)C)nn2)C1. The maximum absolute atomic E-state index is 4.71. The average Bonchev–Trinajstić information content (AvgIpc) is 2.60. The van der Waals surface area contributed by atoms with Crippen LogP contribution in [-0.2, 0) is 5.41 Å². The first-order chi connectivity index (χ1) is 12.9. The van der Waals surface area contributed by atoms with Gasteiger partial charge in [-0.1, -0.05) is 32.9 Å². The lowest BCUT2D eigenvalue weighted by Gasteiger charge is -2.40. The van der Waals surface area contributed by atoms with Gasteiger partial charge in [0.15, 0.2) is 5.82 Å². The largest absolute Gasteiger partial charge is 0.368 e. The summed E-state index contributed by atoms with van der Waals surface area (Å²) in [5.41, 5.74) is 3.86. The van der Waals surface area contributed by atoms with E-state index in [1.165, 1.54) is 0 Å². The number of aromatic nitrogens is 4. The Morgan fingerprint density at radius 2 is 1.70 bits per heavy atom. The summed E-state index contributed by atoms with van der Waals surface area (Å²) >= 11 is 0. The average molecular weight is 362 g/mol. The van der Waals surface area contributed by atoms with Crippen LogP contribution in [0.2, 0.25) is 0 Å². The minimum Gasteiger partial charge on any atom is -0.368 e. The molecule has 0 spiro atoms. The number of hydrogen-bond donors (Lipinski definition) is 1. The highest BCUT2D eigenvalue weighted by molar-refractivity contribution is 5.76. The number of nitrogens with zero attached hydrogens (tertiary/aromatic N) is 5. The van der Waals surface area contributed by atoms with Gasteiger partial charge in [0.1, 0.15) is 5.82 Å². The van der Waals surface area contributed by atoms with Crippen LogP contribution in [0.5, 0.6) is 0 Å². The van der Waals surface area contributed by atoms with Crippen molar-refractivity contribution in [2.75, 3.05) is 29.9 Å². The number of para-hydroxylation sites is 2. The van der Waals surface area contributed by atoms with Gasteiger partial charge in [-0.3, -0.25) is 0 Å². The number of benzene rings is 1. The minimum atomic E-state index is 0.0334. The number of fused-ring (bicyclic) bond motifs is 1. The predicted molar refractivity (Wildman–Crippen MR) is 109 cm³/mol. The second-order valence-corrected chi connectivity index (χ2v) is 8.33. The van der Waals surface area contributed by atoms with Crippen molar-refractivity contribution < 1.29 is 0 Å². The number of anilines is 2. The standard InChI is InChI=1S/C21H26N6/c1-14-20(24-17-8-6-5-7-16(17)23-14)22-11-15-12-27(13-15)19-10-9-18(25-26-19)21(2,3)4/h5-10,15H,11-13H2,1-4H3,(H,22,24).